The average molecular weight is 460 g/mol. The quantitative estimate of drug-likeness (QED) is 0.353. The molecule has 3 aromatic carbocycles. The van der Waals surface area contributed by atoms with Gasteiger partial charge in [0.2, 0.25) is 0 Å². The molecule has 1 N–H and O–H groups in total. The number of carbonyl (C=O) groups is 1. The van der Waals surface area contributed by atoms with Gasteiger partial charge in [-0.05, 0) is 57.1 Å². The minimum Gasteiger partial charge on any atom is -0.493 e. The Kier molecular flexibility index (Phi) is 5.72. The molecule has 3 aromatic rings. The van der Waals surface area contributed by atoms with E-state index in [-0.39, 0.29) is 5.91 Å². The van der Waals surface area contributed by atoms with E-state index in [1.54, 1.807) is 32.6 Å². The van der Waals surface area contributed by atoms with Crippen molar-refractivity contribution in [2.45, 2.75) is 0 Å². The molecule has 0 saturated heterocycles. The van der Waals surface area contributed by atoms with Crippen molar-refractivity contribution in [2.75, 3.05) is 14.2 Å². The third-order valence-corrected chi connectivity index (χ3v) is 4.67. The summed E-state index contributed by atoms with van der Waals surface area (Å²) in [7, 11) is 3.18. The summed E-state index contributed by atoms with van der Waals surface area (Å²) in [6.45, 7) is 0. The van der Waals surface area contributed by atoms with Crippen molar-refractivity contribution in [3.63, 3.8) is 0 Å². The minimum absolute atomic E-state index is 0.256. The lowest BCUT2D eigenvalue weighted by molar-refractivity contribution is 0.0957. The van der Waals surface area contributed by atoms with Gasteiger partial charge in [0.25, 0.3) is 5.91 Å². The Bertz CT molecular complexity index is 981. The van der Waals surface area contributed by atoms with Gasteiger partial charge in [0.1, 0.15) is 0 Å². The number of nitrogens with zero attached hydrogens (tertiary/aromatic N) is 1. The van der Waals surface area contributed by atoms with E-state index >= 15 is 0 Å². The van der Waals surface area contributed by atoms with Crippen LogP contribution in [0.25, 0.3) is 10.8 Å². The van der Waals surface area contributed by atoms with Crippen molar-refractivity contribution in [1.82, 2.24) is 5.43 Å². The predicted octanol–water partition coefficient (Wildman–Crippen LogP) is 4.23. The van der Waals surface area contributed by atoms with Gasteiger partial charge in [0.15, 0.2) is 11.5 Å². The maximum absolute atomic E-state index is 12.5. The van der Waals surface area contributed by atoms with Crippen LogP contribution in [0.1, 0.15) is 15.9 Å². The minimum atomic E-state index is -0.256. The molecule has 0 radical (unpaired) electrons. The fourth-order valence-corrected chi connectivity index (χ4v) is 3.51. The maximum atomic E-state index is 12.5. The fraction of sp³-hybridized carbons (Fsp3) is 0.100. The third kappa shape index (κ3) is 3.80. The van der Waals surface area contributed by atoms with E-state index in [0.29, 0.717) is 17.1 Å². The lowest BCUT2D eigenvalue weighted by atomic mass is 10.0. The van der Waals surface area contributed by atoms with E-state index in [9.17, 15) is 4.79 Å². The summed E-state index contributed by atoms with van der Waals surface area (Å²) in [5.41, 5.74) is 3.96. The molecule has 0 saturated carbocycles. The van der Waals surface area contributed by atoms with Gasteiger partial charge in [-0.15, -0.1) is 0 Å². The Balaban J connectivity index is 1.80. The molecule has 5 nitrogen and oxygen atoms in total. The number of hydrogen-bond acceptors (Lipinski definition) is 4. The SMILES string of the molecule is COc1cc(/C=N\NC(=O)c2cccc3ccccc23)cc(I)c1OC. The smallest absolute Gasteiger partial charge is 0.271 e. The van der Waals surface area contributed by atoms with Crippen molar-refractivity contribution in [1.29, 1.82) is 0 Å². The zero-order chi connectivity index (χ0) is 18.5. The van der Waals surface area contributed by atoms with Crippen molar-refractivity contribution in [2.24, 2.45) is 5.10 Å². The molecule has 0 aromatic heterocycles. The monoisotopic (exact) mass is 460 g/mol. The second-order valence-electron chi connectivity index (χ2n) is 5.46. The molecule has 0 aliphatic carbocycles. The van der Waals surface area contributed by atoms with Crippen molar-refractivity contribution < 1.29 is 14.3 Å². The standard InChI is InChI=1S/C20H17IN2O3/c1-25-18-11-13(10-17(21)19(18)26-2)12-22-23-20(24)16-9-5-7-14-6-3-4-8-15(14)16/h3-12H,1-2H3,(H,23,24)/b22-12-. The zero-order valence-corrected chi connectivity index (χ0v) is 16.5. The fourth-order valence-electron chi connectivity index (χ4n) is 2.66. The van der Waals surface area contributed by atoms with E-state index in [4.69, 9.17) is 9.47 Å². The summed E-state index contributed by atoms with van der Waals surface area (Å²) >= 11 is 2.16. The van der Waals surface area contributed by atoms with Crippen LogP contribution in [0.2, 0.25) is 0 Å². The van der Waals surface area contributed by atoms with Gasteiger partial charge >= 0.3 is 0 Å². The molecule has 0 atom stereocenters. The van der Waals surface area contributed by atoms with Crippen LogP contribution in [0, 0.1) is 3.57 Å². The summed E-state index contributed by atoms with van der Waals surface area (Å²) in [5.74, 6) is 1.03. The number of hydrogen-bond donors (Lipinski definition) is 1. The van der Waals surface area contributed by atoms with Gasteiger partial charge < -0.3 is 9.47 Å². The van der Waals surface area contributed by atoms with Crippen LogP contribution in [0.4, 0.5) is 0 Å². The number of rotatable bonds is 5. The molecular formula is C20H17IN2O3. The Labute approximate surface area is 165 Å². The van der Waals surface area contributed by atoms with Crippen molar-refractivity contribution in [3.05, 3.63) is 69.3 Å². The molecule has 0 aliphatic heterocycles. The molecule has 0 spiro atoms. The Morgan fingerprint density at radius 2 is 1.85 bits per heavy atom. The highest BCUT2D eigenvalue weighted by Crippen LogP contribution is 2.33. The second kappa shape index (κ2) is 8.18. The summed E-state index contributed by atoms with van der Waals surface area (Å²) in [4.78, 5) is 12.5. The molecule has 0 unspecified atom stereocenters. The van der Waals surface area contributed by atoms with Crippen molar-refractivity contribution >= 4 is 45.5 Å². The van der Waals surface area contributed by atoms with Gasteiger partial charge in [0.05, 0.1) is 24.0 Å². The largest absolute Gasteiger partial charge is 0.493 e. The van der Waals surface area contributed by atoms with E-state index in [1.807, 2.05) is 42.5 Å². The van der Waals surface area contributed by atoms with Crippen LogP contribution in [-0.2, 0) is 0 Å². The first-order chi connectivity index (χ1) is 12.6. The van der Waals surface area contributed by atoms with Gasteiger partial charge in [-0.2, -0.15) is 5.10 Å². The summed E-state index contributed by atoms with van der Waals surface area (Å²) in [6.07, 6.45) is 1.58. The third-order valence-electron chi connectivity index (χ3n) is 3.87. The number of methoxy groups -OCH3 is 2. The first kappa shape index (κ1) is 18.2. The molecule has 1 amide bonds. The molecule has 132 valence electrons. The van der Waals surface area contributed by atoms with Crippen LogP contribution in [0.15, 0.2) is 59.7 Å². The van der Waals surface area contributed by atoms with Gasteiger partial charge in [0, 0.05) is 5.56 Å². The Hall–Kier alpha value is -2.61. The highest BCUT2D eigenvalue weighted by atomic mass is 127. The van der Waals surface area contributed by atoms with E-state index in [1.165, 1.54) is 0 Å². The molecule has 3 rings (SSSR count). The molecule has 0 aliphatic rings. The van der Waals surface area contributed by atoms with Crippen LogP contribution >= 0.6 is 22.6 Å². The first-order valence-electron chi connectivity index (χ1n) is 7.86. The predicted molar refractivity (Wildman–Crippen MR) is 111 cm³/mol. The average Bonchev–Trinajstić information content (AvgIpc) is 2.67. The number of carbonyl (C=O) groups excluding carboxylic acids is 1. The second-order valence-corrected chi connectivity index (χ2v) is 6.63. The summed E-state index contributed by atoms with van der Waals surface area (Å²) in [5, 5.41) is 5.98. The first-order valence-corrected chi connectivity index (χ1v) is 8.94. The number of fused-ring (bicyclic) bond motifs is 1. The summed E-state index contributed by atoms with van der Waals surface area (Å²) < 4.78 is 11.5. The number of benzene rings is 3. The van der Waals surface area contributed by atoms with Crippen LogP contribution in [0.3, 0.4) is 0 Å². The van der Waals surface area contributed by atoms with Crippen LogP contribution in [-0.4, -0.2) is 26.3 Å². The molecule has 0 heterocycles. The van der Waals surface area contributed by atoms with Crippen LogP contribution in [0.5, 0.6) is 11.5 Å². The van der Waals surface area contributed by atoms with Gasteiger partial charge in [-0.1, -0.05) is 36.4 Å². The highest BCUT2D eigenvalue weighted by molar-refractivity contribution is 14.1. The van der Waals surface area contributed by atoms with E-state index < -0.39 is 0 Å². The number of halogens is 1. The molecule has 26 heavy (non-hydrogen) atoms. The zero-order valence-electron chi connectivity index (χ0n) is 14.3. The highest BCUT2D eigenvalue weighted by Gasteiger charge is 2.10. The van der Waals surface area contributed by atoms with Crippen LogP contribution < -0.4 is 14.9 Å². The molecule has 0 fully saturated rings. The lowest BCUT2D eigenvalue weighted by Crippen LogP contribution is -2.17. The number of hydrazone groups is 1. The normalized spacial score (nSPS) is 10.9. The van der Waals surface area contributed by atoms with Gasteiger partial charge in [-0.3, -0.25) is 4.79 Å². The van der Waals surface area contributed by atoms with E-state index in [2.05, 4.69) is 33.1 Å². The topological polar surface area (TPSA) is 59.9 Å². The summed E-state index contributed by atoms with van der Waals surface area (Å²) in [6, 6.07) is 17.1. The number of nitrogens with one attached hydrogen (secondary N) is 1. The molecule has 0 bridgehead atoms. The Morgan fingerprint density at radius 3 is 2.62 bits per heavy atom. The Morgan fingerprint density at radius 1 is 1.08 bits per heavy atom. The maximum Gasteiger partial charge on any atom is 0.271 e. The molecule has 6 heteroatoms. The lowest BCUT2D eigenvalue weighted by Gasteiger charge is -2.10. The number of amides is 1. The number of ether oxygens (including phenoxy) is 2. The van der Waals surface area contributed by atoms with E-state index in [0.717, 1.165) is 19.9 Å². The van der Waals surface area contributed by atoms with Crippen molar-refractivity contribution in [3.8, 4) is 11.5 Å². The van der Waals surface area contributed by atoms with Gasteiger partial charge in [-0.25, -0.2) is 5.43 Å². The molecular weight excluding hydrogens is 443 g/mol.